The fraction of sp³-hybridized carbons (Fsp3) is 0.273. The second kappa shape index (κ2) is 3.64. The van der Waals surface area contributed by atoms with Gasteiger partial charge in [0.1, 0.15) is 11.3 Å². The fourth-order valence-electron chi connectivity index (χ4n) is 1.69. The van der Waals surface area contributed by atoms with Gasteiger partial charge in [-0.2, -0.15) is 0 Å². The third-order valence-corrected chi connectivity index (χ3v) is 2.63. The molecule has 1 N–H and O–H groups in total. The molecule has 2 heterocycles. The van der Waals surface area contributed by atoms with E-state index in [9.17, 15) is 0 Å². The van der Waals surface area contributed by atoms with Crippen LogP contribution in [0, 0.1) is 0 Å². The number of halogens is 1. The number of hydrogen-bond donors (Lipinski definition) is 1. The summed E-state index contributed by atoms with van der Waals surface area (Å²) in [5, 5.41) is 4.46. The lowest BCUT2D eigenvalue weighted by atomic mass is 10.0. The molecule has 1 aliphatic heterocycles. The monoisotopic (exact) mass is 209 g/mol. The van der Waals surface area contributed by atoms with Crippen LogP contribution >= 0.6 is 12.4 Å². The molecule has 1 aromatic carbocycles. The van der Waals surface area contributed by atoms with Crippen molar-refractivity contribution in [2.24, 2.45) is 0 Å². The lowest BCUT2D eigenvalue weighted by molar-refractivity contribution is 0.380. The third-order valence-electron chi connectivity index (χ3n) is 2.63. The van der Waals surface area contributed by atoms with Crippen LogP contribution in [0.5, 0.6) is 0 Å². The van der Waals surface area contributed by atoms with E-state index in [0.29, 0.717) is 5.92 Å². The number of benzene rings is 1. The predicted molar refractivity (Wildman–Crippen MR) is 59.1 cm³/mol. The highest BCUT2D eigenvalue weighted by atomic mass is 35.5. The molecule has 0 radical (unpaired) electrons. The average Bonchev–Trinajstić information content (AvgIpc) is 2.43. The van der Waals surface area contributed by atoms with Crippen LogP contribution in [-0.4, -0.2) is 13.1 Å². The highest BCUT2D eigenvalue weighted by Gasteiger charge is 2.22. The van der Waals surface area contributed by atoms with Gasteiger partial charge < -0.3 is 9.73 Å². The summed E-state index contributed by atoms with van der Waals surface area (Å²) in [6.45, 7) is 2.11. The van der Waals surface area contributed by atoms with E-state index in [1.54, 1.807) is 0 Å². The van der Waals surface area contributed by atoms with E-state index in [0.717, 1.165) is 24.4 Å². The zero-order valence-corrected chi connectivity index (χ0v) is 8.51. The maximum absolute atomic E-state index is 5.73. The smallest absolute Gasteiger partial charge is 0.134 e. The minimum absolute atomic E-state index is 0. The van der Waals surface area contributed by atoms with Gasteiger partial charge in [-0.15, -0.1) is 12.4 Å². The molecule has 0 unspecified atom stereocenters. The molecule has 2 aromatic rings. The van der Waals surface area contributed by atoms with Crippen molar-refractivity contribution in [2.45, 2.75) is 5.92 Å². The Morgan fingerprint density at radius 2 is 2.00 bits per heavy atom. The highest BCUT2D eigenvalue weighted by Crippen LogP contribution is 2.26. The number of fused-ring (bicyclic) bond motifs is 1. The standard InChI is InChI=1S/C11H11NO.ClH/c1-2-4-10-8(3-1)5-11(13-10)9-6-12-7-9;/h1-5,9,12H,6-7H2;1H. The molecule has 2 nitrogen and oxygen atoms in total. The molecule has 0 aliphatic carbocycles. The average molecular weight is 210 g/mol. The van der Waals surface area contributed by atoms with Crippen LogP contribution in [0.15, 0.2) is 34.7 Å². The van der Waals surface area contributed by atoms with Crippen molar-refractivity contribution in [3.8, 4) is 0 Å². The van der Waals surface area contributed by atoms with Crippen molar-refractivity contribution < 1.29 is 4.42 Å². The third kappa shape index (κ3) is 1.41. The first-order valence-corrected chi connectivity index (χ1v) is 4.63. The quantitative estimate of drug-likeness (QED) is 0.781. The Kier molecular flexibility index (Phi) is 2.48. The molecule has 0 saturated carbocycles. The summed E-state index contributed by atoms with van der Waals surface area (Å²) in [5.74, 6) is 1.72. The van der Waals surface area contributed by atoms with E-state index in [1.165, 1.54) is 5.39 Å². The van der Waals surface area contributed by atoms with E-state index in [2.05, 4.69) is 17.4 Å². The van der Waals surface area contributed by atoms with Gasteiger partial charge >= 0.3 is 0 Å². The number of rotatable bonds is 1. The minimum atomic E-state index is 0. The highest BCUT2D eigenvalue weighted by molar-refractivity contribution is 5.85. The maximum Gasteiger partial charge on any atom is 0.134 e. The van der Waals surface area contributed by atoms with Crippen LogP contribution in [0.1, 0.15) is 11.7 Å². The topological polar surface area (TPSA) is 25.2 Å². The lowest BCUT2D eigenvalue weighted by Gasteiger charge is -2.24. The second-order valence-electron chi connectivity index (χ2n) is 3.54. The lowest BCUT2D eigenvalue weighted by Crippen LogP contribution is -2.39. The Hall–Kier alpha value is -0.990. The van der Waals surface area contributed by atoms with Gasteiger partial charge in [-0.25, -0.2) is 0 Å². The molecular formula is C11H12ClNO. The van der Waals surface area contributed by atoms with Crippen molar-refractivity contribution in [3.63, 3.8) is 0 Å². The van der Waals surface area contributed by atoms with Crippen molar-refractivity contribution in [3.05, 3.63) is 36.1 Å². The maximum atomic E-state index is 5.73. The molecule has 3 rings (SSSR count). The fourth-order valence-corrected chi connectivity index (χ4v) is 1.69. The summed E-state index contributed by atoms with van der Waals surface area (Å²) in [6.07, 6.45) is 0. The van der Waals surface area contributed by atoms with Crippen molar-refractivity contribution in [1.29, 1.82) is 0 Å². The molecule has 1 fully saturated rings. The predicted octanol–water partition coefficient (Wildman–Crippen LogP) is 2.54. The minimum Gasteiger partial charge on any atom is -0.461 e. The van der Waals surface area contributed by atoms with Gasteiger partial charge in [0.05, 0.1) is 0 Å². The van der Waals surface area contributed by atoms with Crippen molar-refractivity contribution >= 4 is 23.4 Å². The first-order chi connectivity index (χ1) is 6.43. The zero-order valence-electron chi connectivity index (χ0n) is 7.69. The van der Waals surface area contributed by atoms with Crippen molar-refractivity contribution in [1.82, 2.24) is 5.32 Å². The Morgan fingerprint density at radius 1 is 1.21 bits per heavy atom. The largest absolute Gasteiger partial charge is 0.461 e. The van der Waals surface area contributed by atoms with Gasteiger partial charge in [0.25, 0.3) is 0 Å². The molecular weight excluding hydrogens is 198 g/mol. The number of nitrogens with one attached hydrogen (secondary N) is 1. The Morgan fingerprint density at radius 3 is 2.64 bits per heavy atom. The van der Waals surface area contributed by atoms with E-state index in [4.69, 9.17) is 4.42 Å². The summed E-state index contributed by atoms with van der Waals surface area (Å²) in [5.41, 5.74) is 1.00. The summed E-state index contributed by atoms with van der Waals surface area (Å²) in [4.78, 5) is 0. The van der Waals surface area contributed by atoms with Crippen molar-refractivity contribution in [2.75, 3.05) is 13.1 Å². The van der Waals surface area contributed by atoms with Crippen LogP contribution in [0.3, 0.4) is 0 Å². The Balaban J connectivity index is 0.000000750. The molecule has 0 atom stereocenters. The van der Waals surface area contributed by atoms with E-state index >= 15 is 0 Å². The molecule has 3 heteroatoms. The molecule has 0 spiro atoms. The van der Waals surface area contributed by atoms with Gasteiger partial charge in [0.15, 0.2) is 0 Å². The van der Waals surface area contributed by atoms with Gasteiger partial charge in [-0.05, 0) is 12.1 Å². The van der Waals surface area contributed by atoms with Gasteiger partial charge in [-0.3, -0.25) is 0 Å². The van der Waals surface area contributed by atoms with Crippen LogP contribution in [0.25, 0.3) is 11.0 Å². The molecule has 1 aromatic heterocycles. The Bertz CT molecular complexity index is 401. The summed E-state index contributed by atoms with van der Waals surface area (Å²) in [7, 11) is 0. The zero-order chi connectivity index (χ0) is 8.67. The normalized spacial score (nSPS) is 16.3. The van der Waals surface area contributed by atoms with Gasteiger partial charge in [0.2, 0.25) is 0 Å². The second-order valence-corrected chi connectivity index (χ2v) is 3.54. The molecule has 14 heavy (non-hydrogen) atoms. The molecule has 0 amide bonds. The molecule has 0 bridgehead atoms. The molecule has 74 valence electrons. The van der Waals surface area contributed by atoms with E-state index in [-0.39, 0.29) is 12.4 Å². The summed E-state index contributed by atoms with van der Waals surface area (Å²) in [6, 6.07) is 10.3. The molecule has 1 aliphatic rings. The Labute approximate surface area is 88.7 Å². The van der Waals surface area contributed by atoms with Crippen LogP contribution in [0.2, 0.25) is 0 Å². The van der Waals surface area contributed by atoms with Gasteiger partial charge in [-0.1, -0.05) is 18.2 Å². The number of para-hydroxylation sites is 1. The van der Waals surface area contributed by atoms with Gasteiger partial charge in [0, 0.05) is 24.4 Å². The van der Waals surface area contributed by atoms with Crippen LogP contribution in [0.4, 0.5) is 0 Å². The number of furan rings is 1. The van der Waals surface area contributed by atoms with Crippen LogP contribution < -0.4 is 5.32 Å². The van der Waals surface area contributed by atoms with E-state index < -0.39 is 0 Å². The van der Waals surface area contributed by atoms with Crippen LogP contribution in [-0.2, 0) is 0 Å². The number of hydrogen-bond acceptors (Lipinski definition) is 2. The summed E-state index contributed by atoms with van der Waals surface area (Å²) < 4.78 is 5.73. The summed E-state index contributed by atoms with van der Waals surface area (Å²) >= 11 is 0. The van der Waals surface area contributed by atoms with E-state index in [1.807, 2.05) is 18.2 Å². The molecule has 1 saturated heterocycles. The first-order valence-electron chi connectivity index (χ1n) is 4.63. The first kappa shape index (κ1) is 9.56. The SMILES string of the molecule is Cl.c1ccc2oc(C3CNC3)cc2c1.